The highest BCUT2D eigenvalue weighted by Gasteiger charge is 2.09. The van der Waals surface area contributed by atoms with E-state index < -0.39 is 14.0 Å². The van der Waals surface area contributed by atoms with Crippen LogP contribution < -0.4 is 5.73 Å². The summed E-state index contributed by atoms with van der Waals surface area (Å²) >= 11 is 0. The molecule has 3 nitrogen and oxygen atoms in total. The smallest absolute Gasteiger partial charge is 0.337 e. The molecular weight excluding hydrogens is 218 g/mol. The van der Waals surface area contributed by atoms with Crippen molar-refractivity contribution in [2.24, 2.45) is 0 Å². The number of benzene rings is 1. The summed E-state index contributed by atoms with van der Waals surface area (Å²) in [5, 5.41) is 8.90. The van der Waals surface area contributed by atoms with Gasteiger partial charge in [0, 0.05) is 11.3 Å². The summed E-state index contributed by atoms with van der Waals surface area (Å²) in [5.74, 6) is 1.98. The molecule has 3 N–H and O–H groups in total. The van der Waals surface area contributed by atoms with Gasteiger partial charge in [-0.25, -0.2) is 4.79 Å². The Labute approximate surface area is 96.3 Å². The molecule has 0 unspecified atom stereocenters. The molecule has 0 aromatic heterocycles. The molecule has 0 aliphatic carbocycles. The molecule has 0 saturated heterocycles. The maximum absolute atomic E-state index is 10.9. The molecule has 0 spiro atoms. The summed E-state index contributed by atoms with van der Waals surface area (Å²) < 4.78 is 0. The van der Waals surface area contributed by atoms with Gasteiger partial charge in [-0.1, -0.05) is 25.6 Å². The highest BCUT2D eigenvalue weighted by molar-refractivity contribution is 6.83. The van der Waals surface area contributed by atoms with Gasteiger partial charge in [0.25, 0.3) is 0 Å². The van der Waals surface area contributed by atoms with Gasteiger partial charge in [0.05, 0.1) is 5.56 Å². The highest BCUT2D eigenvalue weighted by Crippen LogP contribution is 2.13. The van der Waals surface area contributed by atoms with Crippen molar-refractivity contribution in [2.75, 3.05) is 5.73 Å². The SMILES string of the molecule is C[Si](C)(C)C#Cc1ccc(N)c(C(=O)O)c1. The van der Waals surface area contributed by atoms with Crippen molar-refractivity contribution < 1.29 is 9.90 Å². The van der Waals surface area contributed by atoms with E-state index in [4.69, 9.17) is 10.8 Å². The second kappa shape index (κ2) is 4.41. The molecule has 1 aromatic carbocycles. The predicted octanol–water partition coefficient (Wildman–Crippen LogP) is 2.20. The lowest BCUT2D eigenvalue weighted by Gasteiger charge is -2.04. The van der Waals surface area contributed by atoms with Gasteiger partial charge in [0.2, 0.25) is 0 Å². The first-order chi connectivity index (χ1) is 7.29. The minimum atomic E-state index is -1.44. The Morgan fingerprint density at radius 2 is 2.00 bits per heavy atom. The zero-order valence-corrected chi connectivity index (χ0v) is 10.7. The minimum absolute atomic E-state index is 0.113. The van der Waals surface area contributed by atoms with Crippen LogP contribution in [0.2, 0.25) is 19.6 Å². The van der Waals surface area contributed by atoms with Crippen molar-refractivity contribution in [3.05, 3.63) is 29.3 Å². The second-order valence-electron chi connectivity index (χ2n) is 4.61. The zero-order chi connectivity index (χ0) is 12.3. The van der Waals surface area contributed by atoms with E-state index in [0.29, 0.717) is 5.56 Å². The number of nitrogens with two attached hydrogens (primary N) is 1. The fraction of sp³-hybridized carbons (Fsp3) is 0.250. The lowest BCUT2D eigenvalue weighted by molar-refractivity contribution is 0.0698. The molecule has 0 atom stereocenters. The average Bonchev–Trinajstić information content (AvgIpc) is 2.14. The third kappa shape index (κ3) is 3.44. The Bertz CT molecular complexity index is 478. The van der Waals surface area contributed by atoms with Crippen LogP contribution in [0.3, 0.4) is 0 Å². The van der Waals surface area contributed by atoms with Crippen LogP contribution in [0.1, 0.15) is 15.9 Å². The molecule has 0 fully saturated rings. The largest absolute Gasteiger partial charge is 0.478 e. The van der Waals surface area contributed by atoms with E-state index in [0.717, 1.165) is 0 Å². The number of hydrogen-bond acceptors (Lipinski definition) is 2. The van der Waals surface area contributed by atoms with Crippen LogP contribution in [0, 0.1) is 11.5 Å². The van der Waals surface area contributed by atoms with Gasteiger partial charge in [-0.15, -0.1) is 5.54 Å². The molecule has 1 aromatic rings. The number of nitrogen functional groups attached to an aromatic ring is 1. The molecule has 16 heavy (non-hydrogen) atoms. The van der Waals surface area contributed by atoms with Crippen LogP contribution >= 0.6 is 0 Å². The van der Waals surface area contributed by atoms with Gasteiger partial charge in [0.15, 0.2) is 0 Å². The molecule has 84 valence electrons. The number of carboxylic acids is 1. The van der Waals surface area contributed by atoms with E-state index >= 15 is 0 Å². The van der Waals surface area contributed by atoms with E-state index in [2.05, 4.69) is 31.1 Å². The Kier molecular flexibility index (Phi) is 3.40. The first kappa shape index (κ1) is 12.3. The fourth-order valence-corrected chi connectivity index (χ4v) is 1.60. The molecule has 0 aliphatic rings. The topological polar surface area (TPSA) is 63.3 Å². The fourth-order valence-electron chi connectivity index (χ4n) is 1.08. The van der Waals surface area contributed by atoms with Gasteiger partial charge in [-0.2, -0.15) is 0 Å². The summed E-state index contributed by atoms with van der Waals surface area (Å²) in [7, 11) is -1.44. The first-order valence-corrected chi connectivity index (χ1v) is 8.45. The van der Waals surface area contributed by atoms with E-state index in [1.807, 2.05) is 0 Å². The summed E-state index contributed by atoms with van der Waals surface area (Å²) in [4.78, 5) is 10.9. The van der Waals surface area contributed by atoms with Crippen molar-refractivity contribution in [1.82, 2.24) is 0 Å². The number of carbonyl (C=O) groups is 1. The monoisotopic (exact) mass is 233 g/mol. The quantitative estimate of drug-likeness (QED) is 0.444. The van der Waals surface area contributed by atoms with Crippen molar-refractivity contribution >= 4 is 19.7 Å². The summed E-state index contributed by atoms with van der Waals surface area (Å²) in [6.07, 6.45) is 0. The van der Waals surface area contributed by atoms with Crippen molar-refractivity contribution in [3.63, 3.8) is 0 Å². The Morgan fingerprint density at radius 1 is 1.38 bits per heavy atom. The summed E-state index contributed by atoms with van der Waals surface area (Å²) in [6.45, 7) is 6.40. The van der Waals surface area contributed by atoms with E-state index in [9.17, 15) is 4.79 Å². The summed E-state index contributed by atoms with van der Waals surface area (Å²) in [5.41, 5.74) is 9.82. The number of anilines is 1. The molecule has 0 bridgehead atoms. The lowest BCUT2D eigenvalue weighted by atomic mass is 10.1. The maximum atomic E-state index is 10.9. The van der Waals surface area contributed by atoms with Crippen molar-refractivity contribution in [3.8, 4) is 11.5 Å². The van der Waals surface area contributed by atoms with Crippen LogP contribution in [0.25, 0.3) is 0 Å². The molecule has 1 rings (SSSR count). The van der Waals surface area contributed by atoms with Crippen LogP contribution in [-0.4, -0.2) is 19.1 Å². The van der Waals surface area contributed by atoms with E-state index in [1.165, 1.54) is 6.07 Å². The summed E-state index contributed by atoms with van der Waals surface area (Å²) in [6, 6.07) is 4.84. The van der Waals surface area contributed by atoms with Gasteiger partial charge >= 0.3 is 5.97 Å². The number of carboxylic acid groups (broad SMARTS) is 1. The van der Waals surface area contributed by atoms with Crippen molar-refractivity contribution in [2.45, 2.75) is 19.6 Å². The second-order valence-corrected chi connectivity index (χ2v) is 9.36. The highest BCUT2D eigenvalue weighted by atomic mass is 28.3. The number of hydrogen-bond donors (Lipinski definition) is 2. The molecule has 0 aliphatic heterocycles. The molecular formula is C12H15NO2Si. The van der Waals surface area contributed by atoms with E-state index in [1.54, 1.807) is 12.1 Å². The average molecular weight is 233 g/mol. The number of rotatable bonds is 1. The van der Waals surface area contributed by atoms with Crippen molar-refractivity contribution in [1.29, 1.82) is 0 Å². The predicted molar refractivity (Wildman–Crippen MR) is 68.0 cm³/mol. The van der Waals surface area contributed by atoms with E-state index in [-0.39, 0.29) is 11.3 Å². The van der Waals surface area contributed by atoms with Crippen LogP contribution in [-0.2, 0) is 0 Å². The Balaban J connectivity index is 3.13. The third-order valence-corrected chi connectivity index (χ3v) is 2.74. The molecule has 0 radical (unpaired) electrons. The third-order valence-electron chi connectivity index (χ3n) is 1.87. The van der Waals surface area contributed by atoms with Gasteiger partial charge in [-0.05, 0) is 18.2 Å². The van der Waals surface area contributed by atoms with Crippen LogP contribution in [0.15, 0.2) is 18.2 Å². The minimum Gasteiger partial charge on any atom is -0.478 e. The lowest BCUT2D eigenvalue weighted by Crippen LogP contribution is -2.16. The first-order valence-electron chi connectivity index (χ1n) is 4.95. The van der Waals surface area contributed by atoms with Gasteiger partial charge < -0.3 is 10.8 Å². The number of aromatic carboxylic acids is 1. The molecule has 0 saturated carbocycles. The zero-order valence-electron chi connectivity index (χ0n) is 9.66. The molecule has 0 heterocycles. The standard InChI is InChI=1S/C12H15NO2Si/c1-16(2,3)7-6-9-4-5-11(13)10(8-9)12(14)15/h4-5,8H,13H2,1-3H3,(H,14,15). The van der Waals surface area contributed by atoms with Gasteiger partial charge in [-0.3, -0.25) is 0 Å². The van der Waals surface area contributed by atoms with Crippen LogP contribution in [0.5, 0.6) is 0 Å². The molecule has 0 amide bonds. The normalized spacial score (nSPS) is 10.4. The Morgan fingerprint density at radius 3 is 2.50 bits per heavy atom. The maximum Gasteiger partial charge on any atom is 0.337 e. The van der Waals surface area contributed by atoms with Crippen LogP contribution in [0.4, 0.5) is 5.69 Å². The molecule has 4 heteroatoms. The Hall–Kier alpha value is -1.73. The van der Waals surface area contributed by atoms with Gasteiger partial charge in [0.1, 0.15) is 8.07 Å².